The lowest BCUT2D eigenvalue weighted by molar-refractivity contribution is -0.162. The molecule has 2 aromatic rings. The Balaban J connectivity index is 1.76. The van der Waals surface area contributed by atoms with Crippen molar-refractivity contribution in [1.29, 1.82) is 0 Å². The molecule has 1 aliphatic heterocycles. The van der Waals surface area contributed by atoms with Crippen LogP contribution < -0.4 is 4.74 Å². The molecule has 0 spiro atoms. The van der Waals surface area contributed by atoms with Gasteiger partial charge in [-0.3, -0.25) is 0 Å². The molecule has 0 radical (unpaired) electrons. The summed E-state index contributed by atoms with van der Waals surface area (Å²) in [7, 11) is 0. The molecule has 3 nitrogen and oxygen atoms in total. The summed E-state index contributed by atoms with van der Waals surface area (Å²) in [4.78, 5) is 0. The van der Waals surface area contributed by atoms with Crippen LogP contribution in [0.25, 0.3) is 0 Å². The summed E-state index contributed by atoms with van der Waals surface area (Å²) in [6.07, 6.45) is 2.15. The van der Waals surface area contributed by atoms with Crippen molar-refractivity contribution in [2.24, 2.45) is 0 Å². The van der Waals surface area contributed by atoms with Crippen molar-refractivity contribution in [2.45, 2.75) is 38.6 Å². The molecule has 0 saturated carbocycles. The molecule has 0 N–H and O–H groups in total. The van der Waals surface area contributed by atoms with Gasteiger partial charge in [-0.1, -0.05) is 36.5 Å². The number of ether oxygens (including phenoxy) is 3. The molecule has 0 aromatic heterocycles. The van der Waals surface area contributed by atoms with Crippen LogP contribution in [-0.4, -0.2) is 12.7 Å². The molecule has 1 fully saturated rings. The predicted molar refractivity (Wildman–Crippen MR) is 96.1 cm³/mol. The van der Waals surface area contributed by atoms with Gasteiger partial charge in [0.05, 0.1) is 17.7 Å². The average molecular weight is 367 g/mol. The summed E-state index contributed by atoms with van der Waals surface area (Å²) in [5.74, 6) is 0.541. The molecule has 128 valence electrons. The highest BCUT2D eigenvalue weighted by molar-refractivity contribution is 6.31. The van der Waals surface area contributed by atoms with E-state index in [9.17, 15) is 0 Å². The average Bonchev–Trinajstić information content (AvgIpc) is 2.92. The molecule has 0 amide bonds. The molecular weight excluding hydrogens is 347 g/mol. The fourth-order valence-corrected chi connectivity index (χ4v) is 3.28. The number of benzene rings is 2. The van der Waals surface area contributed by atoms with Gasteiger partial charge in [0.2, 0.25) is 0 Å². The van der Waals surface area contributed by atoms with Crippen molar-refractivity contribution in [3.8, 4) is 11.5 Å². The largest absolute Gasteiger partial charge is 0.457 e. The smallest absolute Gasteiger partial charge is 0.193 e. The number of halogens is 2. The molecule has 2 atom stereocenters. The first-order valence-electron chi connectivity index (χ1n) is 8.05. The van der Waals surface area contributed by atoms with Crippen LogP contribution in [0.1, 0.15) is 32.3 Å². The van der Waals surface area contributed by atoms with E-state index >= 15 is 0 Å². The van der Waals surface area contributed by atoms with Gasteiger partial charge in [-0.15, -0.1) is 0 Å². The summed E-state index contributed by atoms with van der Waals surface area (Å²) < 4.78 is 17.7. The molecule has 0 bridgehead atoms. The van der Waals surface area contributed by atoms with Gasteiger partial charge in [0.25, 0.3) is 0 Å². The Morgan fingerprint density at radius 3 is 2.50 bits per heavy atom. The Bertz CT molecular complexity index is 702. The van der Waals surface area contributed by atoms with E-state index in [0.29, 0.717) is 28.2 Å². The fraction of sp³-hybridized carbons (Fsp3) is 0.368. The third kappa shape index (κ3) is 3.86. The number of rotatable bonds is 5. The molecule has 24 heavy (non-hydrogen) atoms. The topological polar surface area (TPSA) is 27.7 Å². The number of hydrogen-bond acceptors (Lipinski definition) is 3. The normalized spacial score (nSPS) is 23.4. The van der Waals surface area contributed by atoms with Crippen molar-refractivity contribution in [1.82, 2.24) is 0 Å². The van der Waals surface area contributed by atoms with Crippen LogP contribution in [0.4, 0.5) is 0 Å². The second-order valence-electron chi connectivity index (χ2n) is 5.98. The van der Waals surface area contributed by atoms with Gasteiger partial charge in [-0.25, -0.2) is 0 Å². The lowest BCUT2D eigenvalue weighted by atomic mass is 10.1. The van der Waals surface area contributed by atoms with Gasteiger partial charge in [-0.05, 0) is 55.8 Å². The highest BCUT2D eigenvalue weighted by Crippen LogP contribution is 2.40. The van der Waals surface area contributed by atoms with Crippen LogP contribution in [-0.2, 0) is 15.3 Å². The van der Waals surface area contributed by atoms with E-state index in [1.807, 2.05) is 31.2 Å². The minimum atomic E-state index is -0.810. The Labute approximate surface area is 152 Å². The minimum Gasteiger partial charge on any atom is -0.457 e. The predicted octanol–water partition coefficient (Wildman–Crippen LogP) is 6.17. The lowest BCUT2D eigenvalue weighted by Crippen LogP contribution is -2.24. The molecule has 1 heterocycles. The molecule has 2 aromatic carbocycles. The van der Waals surface area contributed by atoms with Crippen LogP contribution in [0.3, 0.4) is 0 Å². The van der Waals surface area contributed by atoms with Crippen molar-refractivity contribution in [3.63, 3.8) is 0 Å². The van der Waals surface area contributed by atoms with Gasteiger partial charge >= 0.3 is 0 Å². The standard InChI is InChI=1S/C19H20Cl2O3/c1-3-4-16-12-22-19(2,24-16)17-10-9-15(11-18(17)21)23-14-7-5-13(20)6-8-14/h5-11,16H,3-4,12H2,1-2H3. The number of hydrogen-bond donors (Lipinski definition) is 0. The minimum absolute atomic E-state index is 0.112. The highest BCUT2D eigenvalue weighted by Gasteiger charge is 2.39. The first-order chi connectivity index (χ1) is 11.5. The van der Waals surface area contributed by atoms with Crippen LogP contribution >= 0.6 is 23.2 Å². The molecule has 0 aliphatic carbocycles. The maximum atomic E-state index is 6.45. The van der Waals surface area contributed by atoms with Gasteiger partial charge in [0.15, 0.2) is 5.79 Å². The van der Waals surface area contributed by atoms with E-state index in [-0.39, 0.29) is 6.10 Å². The van der Waals surface area contributed by atoms with Gasteiger partial charge in [0.1, 0.15) is 11.5 Å². The molecule has 1 saturated heterocycles. The second kappa shape index (κ2) is 7.32. The van der Waals surface area contributed by atoms with Crippen molar-refractivity contribution >= 4 is 23.2 Å². The second-order valence-corrected chi connectivity index (χ2v) is 6.83. The maximum Gasteiger partial charge on any atom is 0.193 e. The summed E-state index contributed by atoms with van der Waals surface area (Å²) in [6, 6.07) is 12.7. The zero-order valence-electron chi connectivity index (χ0n) is 13.7. The van der Waals surface area contributed by atoms with Crippen LogP contribution in [0, 0.1) is 0 Å². The van der Waals surface area contributed by atoms with Crippen LogP contribution in [0.15, 0.2) is 42.5 Å². The Kier molecular flexibility index (Phi) is 5.36. The SMILES string of the molecule is CCCC1COC(C)(c2ccc(Oc3ccc(Cl)cc3)cc2Cl)O1. The van der Waals surface area contributed by atoms with E-state index in [1.54, 1.807) is 18.2 Å². The summed E-state index contributed by atoms with van der Waals surface area (Å²) in [6.45, 7) is 4.63. The van der Waals surface area contributed by atoms with E-state index in [0.717, 1.165) is 18.4 Å². The fourth-order valence-electron chi connectivity index (χ4n) is 2.81. The summed E-state index contributed by atoms with van der Waals surface area (Å²) in [5, 5.41) is 1.22. The summed E-state index contributed by atoms with van der Waals surface area (Å²) >= 11 is 12.3. The zero-order valence-corrected chi connectivity index (χ0v) is 15.2. The molecule has 5 heteroatoms. The van der Waals surface area contributed by atoms with Crippen molar-refractivity contribution in [3.05, 3.63) is 58.1 Å². The van der Waals surface area contributed by atoms with Gasteiger partial charge in [-0.2, -0.15) is 0 Å². The van der Waals surface area contributed by atoms with Gasteiger partial charge in [0, 0.05) is 10.6 Å². The summed E-state index contributed by atoms with van der Waals surface area (Å²) in [5.41, 5.74) is 0.811. The quantitative estimate of drug-likeness (QED) is 0.632. The van der Waals surface area contributed by atoms with Crippen LogP contribution in [0.5, 0.6) is 11.5 Å². The first-order valence-corrected chi connectivity index (χ1v) is 8.81. The third-order valence-electron chi connectivity index (χ3n) is 4.03. The monoisotopic (exact) mass is 366 g/mol. The Hall–Kier alpha value is -1.26. The molecular formula is C19H20Cl2O3. The van der Waals surface area contributed by atoms with Crippen LogP contribution in [0.2, 0.25) is 10.0 Å². The van der Waals surface area contributed by atoms with E-state index in [4.69, 9.17) is 37.4 Å². The highest BCUT2D eigenvalue weighted by atomic mass is 35.5. The lowest BCUT2D eigenvalue weighted by Gasteiger charge is -2.25. The maximum absolute atomic E-state index is 6.45. The van der Waals surface area contributed by atoms with E-state index in [1.165, 1.54) is 0 Å². The first kappa shape index (κ1) is 17.6. The molecule has 1 aliphatic rings. The third-order valence-corrected chi connectivity index (χ3v) is 4.59. The van der Waals surface area contributed by atoms with Crippen molar-refractivity contribution < 1.29 is 14.2 Å². The Morgan fingerprint density at radius 1 is 1.12 bits per heavy atom. The zero-order chi connectivity index (χ0) is 17.2. The van der Waals surface area contributed by atoms with Crippen molar-refractivity contribution in [2.75, 3.05) is 6.61 Å². The molecule has 2 unspecified atom stereocenters. The Morgan fingerprint density at radius 2 is 1.83 bits per heavy atom. The van der Waals surface area contributed by atoms with E-state index < -0.39 is 5.79 Å². The van der Waals surface area contributed by atoms with E-state index in [2.05, 4.69) is 6.92 Å². The molecule has 3 rings (SSSR count). The van der Waals surface area contributed by atoms with Gasteiger partial charge < -0.3 is 14.2 Å².